The summed E-state index contributed by atoms with van der Waals surface area (Å²) in [7, 11) is 0. The van der Waals surface area contributed by atoms with Gasteiger partial charge in [-0.1, -0.05) is 12.1 Å². The van der Waals surface area contributed by atoms with Gasteiger partial charge in [0.2, 0.25) is 5.91 Å². The standard InChI is InChI=1S/C17H23FN2O3.ClH/c18-15-3-1-2-14(8-15)16-9-19-5-6-20(16)17(21)12-23-11-13-4-7-22-10-13;/h1-3,8,13,16,19H,4-7,9-12H2;1H. The highest BCUT2D eigenvalue weighted by Crippen LogP contribution is 2.23. The molecule has 2 aliphatic heterocycles. The molecule has 0 saturated carbocycles. The molecule has 0 bridgehead atoms. The maximum absolute atomic E-state index is 13.5. The number of nitrogens with zero attached hydrogens (tertiary/aromatic N) is 1. The highest BCUT2D eigenvalue weighted by Gasteiger charge is 2.28. The fourth-order valence-corrected chi connectivity index (χ4v) is 3.13. The molecule has 2 heterocycles. The van der Waals surface area contributed by atoms with E-state index < -0.39 is 0 Å². The van der Waals surface area contributed by atoms with Gasteiger partial charge in [0, 0.05) is 32.2 Å². The Morgan fingerprint density at radius 1 is 1.46 bits per heavy atom. The summed E-state index contributed by atoms with van der Waals surface area (Å²) in [5.41, 5.74) is 0.815. The molecule has 134 valence electrons. The van der Waals surface area contributed by atoms with Gasteiger partial charge in [0.25, 0.3) is 0 Å². The number of rotatable bonds is 5. The zero-order valence-corrected chi connectivity index (χ0v) is 14.4. The third-order valence-electron chi connectivity index (χ3n) is 4.40. The summed E-state index contributed by atoms with van der Waals surface area (Å²) < 4.78 is 24.3. The van der Waals surface area contributed by atoms with Crippen molar-refractivity contribution in [3.05, 3.63) is 35.6 Å². The number of halogens is 2. The summed E-state index contributed by atoms with van der Waals surface area (Å²) in [6.45, 7) is 4.11. The number of piperazine rings is 1. The van der Waals surface area contributed by atoms with Crippen molar-refractivity contribution < 1.29 is 18.7 Å². The van der Waals surface area contributed by atoms with Crippen LogP contribution < -0.4 is 5.32 Å². The first-order chi connectivity index (χ1) is 11.2. The van der Waals surface area contributed by atoms with Crippen LogP contribution in [-0.4, -0.2) is 56.9 Å². The molecule has 0 aliphatic carbocycles. The molecule has 24 heavy (non-hydrogen) atoms. The van der Waals surface area contributed by atoms with Gasteiger partial charge >= 0.3 is 0 Å². The van der Waals surface area contributed by atoms with E-state index in [-0.39, 0.29) is 36.8 Å². The van der Waals surface area contributed by atoms with Gasteiger partial charge in [-0.15, -0.1) is 12.4 Å². The Hall–Kier alpha value is -1.21. The highest BCUT2D eigenvalue weighted by molar-refractivity contribution is 5.85. The lowest BCUT2D eigenvalue weighted by atomic mass is 10.0. The summed E-state index contributed by atoms with van der Waals surface area (Å²) in [5, 5.41) is 3.26. The first kappa shape index (κ1) is 19.1. The lowest BCUT2D eigenvalue weighted by Gasteiger charge is -2.36. The van der Waals surface area contributed by atoms with Crippen LogP contribution in [0.5, 0.6) is 0 Å². The second kappa shape index (κ2) is 9.32. The summed E-state index contributed by atoms with van der Waals surface area (Å²) in [6.07, 6.45) is 0.994. The van der Waals surface area contributed by atoms with E-state index in [4.69, 9.17) is 9.47 Å². The zero-order valence-electron chi connectivity index (χ0n) is 13.6. The van der Waals surface area contributed by atoms with Crippen LogP contribution in [0.3, 0.4) is 0 Å². The van der Waals surface area contributed by atoms with Crippen LogP contribution in [0.1, 0.15) is 18.0 Å². The smallest absolute Gasteiger partial charge is 0.249 e. The molecule has 5 nitrogen and oxygen atoms in total. The van der Waals surface area contributed by atoms with E-state index in [1.807, 2.05) is 6.07 Å². The van der Waals surface area contributed by atoms with Gasteiger partial charge in [-0.25, -0.2) is 4.39 Å². The second-order valence-electron chi connectivity index (χ2n) is 6.11. The van der Waals surface area contributed by atoms with Gasteiger partial charge in [0.15, 0.2) is 0 Å². The van der Waals surface area contributed by atoms with Crippen LogP contribution >= 0.6 is 12.4 Å². The van der Waals surface area contributed by atoms with Crippen molar-refractivity contribution in [2.75, 3.05) is 46.1 Å². The van der Waals surface area contributed by atoms with Crippen molar-refractivity contribution in [1.29, 1.82) is 0 Å². The number of ether oxygens (including phenoxy) is 2. The molecule has 0 spiro atoms. The molecule has 2 saturated heterocycles. The molecule has 3 rings (SSSR count). The van der Waals surface area contributed by atoms with Gasteiger partial charge in [-0.05, 0) is 24.1 Å². The van der Waals surface area contributed by atoms with Gasteiger partial charge in [0.1, 0.15) is 12.4 Å². The molecular weight excluding hydrogens is 335 g/mol. The minimum absolute atomic E-state index is 0. The molecule has 1 amide bonds. The van der Waals surface area contributed by atoms with E-state index in [2.05, 4.69) is 5.32 Å². The molecule has 7 heteroatoms. The van der Waals surface area contributed by atoms with Crippen LogP contribution in [0, 0.1) is 11.7 Å². The Morgan fingerprint density at radius 3 is 3.08 bits per heavy atom. The molecule has 1 aromatic rings. The number of amides is 1. The predicted molar refractivity (Wildman–Crippen MR) is 90.7 cm³/mol. The molecule has 1 aromatic carbocycles. The van der Waals surface area contributed by atoms with E-state index in [0.29, 0.717) is 32.2 Å². The fourth-order valence-electron chi connectivity index (χ4n) is 3.13. The summed E-state index contributed by atoms with van der Waals surface area (Å²) in [5.74, 6) is 0.0717. The van der Waals surface area contributed by atoms with E-state index in [9.17, 15) is 9.18 Å². The summed E-state index contributed by atoms with van der Waals surface area (Å²) in [4.78, 5) is 14.3. The van der Waals surface area contributed by atoms with E-state index in [1.54, 1.807) is 11.0 Å². The topological polar surface area (TPSA) is 50.8 Å². The number of nitrogens with one attached hydrogen (secondary N) is 1. The average molecular weight is 359 g/mol. The van der Waals surface area contributed by atoms with Crippen molar-refractivity contribution in [2.45, 2.75) is 12.5 Å². The first-order valence-corrected chi connectivity index (χ1v) is 8.15. The molecular formula is C17H24ClFN2O3. The molecule has 0 radical (unpaired) electrons. The first-order valence-electron chi connectivity index (χ1n) is 8.15. The second-order valence-corrected chi connectivity index (χ2v) is 6.11. The molecule has 2 aliphatic rings. The third-order valence-corrected chi connectivity index (χ3v) is 4.40. The SMILES string of the molecule is Cl.O=C(COCC1CCOC1)N1CCNCC1c1cccc(F)c1. The van der Waals surface area contributed by atoms with Gasteiger partial charge < -0.3 is 19.7 Å². The lowest BCUT2D eigenvalue weighted by molar-refractivity contribution is -0.140. The average Bonchev–Trinajstić information content (AvgIpc) is 3.08. The molecule has 2 atom stereocenters. The third kappa shape index (κ3) is 4.89. The number of hydrogen-bond donors (Lipinski definition) is 1. The van der Waals surface area contributed by atoms with Gasteiger partial charge in [0.05, 0.1) is 19.3 Å². The van der Waals surface area contributed by atoms with Crippen molar-refractivity contribution in [3.8, 4) is 0 Å². The Labute approximate surface area is 147 Å². The van der Waals surface area contributed by atoms with Crippen molar-refractivity contribution in [3.63, 3.8) is 0 Å². The molecule has 2 fully saturated rings. The minimum Gasteiger partial charge on any atom is -0.381 e. The quantitative estimate of drug-likeness (QED) is 0.871. The Morgan fingerprint density at radius 2 is 2.33 bits per heavy atom. The molecule has 0 aromatic heterocycles. The maximum Gasteiger partial charge on any atom is 0.249 e. The van der Waals surface area contributed by atoms with Crippen molar-refractivity contribution in [2.24, 2.45) is 5.92 Å². The number of carbonyl (C=O) groups excluding carboxylic acids is 1. The summed E-state index contributed by atoms with van der Waals surface area (Å²) in [6, 6.07) is 6.30. The van der Waals surface area contributed by atoms with E-state index in [0.717, 1.165) is 25.1 Å². The monoisotopic (exact) mass is 358 g/mol. The zero-order chi connectivity index (χ0) is 16.1. The number of carbonyl (C=O) groups is 1. The Bertz CT molecular complexity index is 540. The van der Waals surface area contributed by atoms with Crippen LogP contribution in [0.15, 0.2) is 24.3 Å². The maximum atomic E-state index is 13.5. The fraction of sp³-hybridized carbons (Fsp3) is 0.588. The van der Waals surface area contributed by atoms with Crippen LogP contribution in [-0.2, 0) is 14.3 Å². The number of hydrogen-bond acceptors (Lipinski definition) is 4. The minimum atomic E-state index is -0.280. The van der Waals surface area contributed by atoms with Crippen molar-refractivity contribution >= 4 is 18.3 Å². The Kier molecular flexibility index (Phi) is 7.42. The van der Waals surface area contributed by atoms with Crippen LogP contribution in [0.2, 0.25) is 0 Å². The van der Waals surface area contributed by atoms with Crippen molar-refractivity contribution in [1.82, 2.24) is 10.2 Å². The Balaban J connectivity index is 0.00000208. The predicted octanol–water partition coefficient (Wildman–Crippen LogP) is 1.77. The van der Waals surface area contributed by atoms with Gasteiger partial charge in [-0.3, -0.25) is 4.79 Å². The lowest BCUT2D eigenvalue weighted by Crippen LogP contribution is -2.49. The van der Waals surface area contributed by atoms with Crippen LogP contribution in [0.4, 0.5) is 4.39 Å². The summed E-state index contributed by atoms with van der Waals surface area (Å²) >= 11 is 0. The molecule has 2 unspecified atom stereocenters. The molecule has 1 N–H and O–H groups in total. The van der Waals surface area contributed by atoms with E-state index in [1.165, 1.54) is 12.1 Å². The van der Waals surface area contributed by atoms with Crippen LogP contribution in [0.25, 0.3) is 0 Å². The number of benzene rings is 1. The highest BCUT2D eigenvalue weighted by atomic mass is 35.5. The largest absolute Gasteiger partial charge is 0.381 e. The van der Waals surface area contributed by atoms with Gasteiger partial charge in [-0.2, -0.15) is 0 Å². The normalized spacial score (nSPS) is 23.8. The van der Waals surface area contributed by atoms with E-state index >= 15 is 0 Å².